The Balaban J connectivity index is 1.49. The molecule has 36 heavy (non-hydrogen) atoms. The number of rotatable bonds is 11. The van der Waals surface area contributed by atoms with Crippen molar-refractivity contribution in [3.8, 4) is 5.69 Å². The molecule has 0 amide bonds. The maximum Gasteiger partial charge on any atom is 0.148 e. The zero-order valence-electron chi connectivity index (χ0n) is 22.0. The van der Waals surface area contributed by atoms with Crippen molar-refractivity contribution in [2.45, 2.75) is 78.4 Å². The molecule has 2 aromatic rings. The van der Waals surface area contributed by atoms with Gasteiger partial charge in [-0.25, -0.2) is 14.1 Å². The van der Waals surface area contributed by atoms with Gasteiger partial charge in [0.15, 0.2) is 0 Å². The third kappa shape index (κ3) is 7.61. The summed E-state index contributed by atoms with van der Waals surface area (Å²) in [7, 11) is 0. The van der Waals surface area contributed by atoms with E-state index in [1.54, 1.807) is 0 Å². The maximum absolute atomic E-state index is 12.4. The third-order valence-electron chi connectivity index (χ3n) is 7.08. The van der Waals surface area contributed by atoms with Crippen LogP contribution in [0.5, 0.6) is 0 Å². The zero-order valence-corrected chi connectivity index (χ0v) is 22.8. The number of piperidine rings is 1. The predicted octanol–water partition coefficient (Wildman–Crippen LogP) is 7.22. The average molecular weight is 515 g/mol. The Hall–Kier alpha value is -2.28. The van der Waals surface area contributed by atoms with Crippen molar-refractivity contribution in [1.29, 1.82) is 0 Å². The lowest BCUT2D eigenvalue weighted by Crippen LogP contribution is -2.41. The van der Waals surface area contributed by atoms with Gasteiger partial charge in [-0.05, 0) is 94.2 Å². The molecule has 0 spiro atoms. The molecule has 7 heteroatoms. The van der Waals surface area contributed by atoms with E-state index in [4.69, 9.17) is 16.6 Å². The van der Waals surface area contributed by atoms with Crippen LogP contribution >= 0.6 is 11.6 Å². The number of aliphatic hydroxyl groups is 1. The summed E-state index contributed by atoms with van der Waals surface area (Å²) in [4.78, 5) is 6.95. The molecule has 0 unspecified atom stereocenters. The van der Waals surface area contributed by atoms with Crippen LogP contribution in [0, 0.1) is 19.8 Å². The lowest BCUT2D eigenvalue weighted by molar-refractivity contribution is -0.0185. The van der Waals surface area contributed by atoms with Crippen molar-refractivity contribution in [2.24, 2.45) is 5.92 Å². The number of hydrogen-bond donors (Lipinski definition) is 1. The van der Waals surface area contributed by atoms with Gasteiger partial charge < -0.3 is 5.11 Å². The van der Waals surface area contributed by atoms with Gasteiger partial charge >= 0.3 is 0 Å². The van der Waals surface area contributed by atoms with Crippen molar-refractivity contribution in [1.82, 2.24) is 19.7 Å². The summed E-state index contributed by atoms with van der Waals surface area (Å²) in [5, 5.41) is 16.2. The molecule has 1 aliphatic heterocycles. The number of halogens is 2. The molecule has 1 aromatic heterocycles. The number of likely N-dealkylation sites (tertiary alicyclic amines) is 1. The van der Waals surface area contributed by atoms with Crippen LogP contribution in [0.3, 0.4) is 0 Å². The van der Waals surface area contributed by atoms with Crippen molar-refractivity contribution in [2.75, 3.05) is 13.1 Å². The van der Waals surface area contributed by atoms with Crippen LogP contribution in [-0.2, 0) is 0 Å². The Labute approximate surface area is 220 Å². The van der Waals surface area contributed by atoms with Crippen LogP contribution in [0.4, 0.5) is 4.39 Å². The van der Waals surface area contributed by atoms with Gasteiger partial charge in [0.2, 0.25) is 0 Å². The third-order valence-corrected chi connectivity index (χ3v) is 7.50. The van der Waals surface area contributed by atoms with Crippen LogP contribution in [0.2, 0.25) is 5.02 Å². The van der Waals surface area contributed by atoms with E-state index in [1.165, 1.54) is 6.08 Å². The van der Waals surface area contributed by atoms with Gasteiger partial charge in [0, 0.05) is 24.0 Å². The number of aliphatic hydroxyl groups excluding tert-OH is 1. The highest BCUT2D eigenvalue weighted by Gasteiger charge is 2.28. The van der Waals surface area contributed by atoms with Gasteiger partial charge in [-0.15, -0.1) is 0 Å². The van der Waals surface area contributed by atoms with Gasteiger partial charge in [0.25, 0.3) is 0 Å². The highest BCUT2D eigenvalue weighted by Crippen LogP contribution is 2.30. The summed E-state index contributed by atoms with van der Waals surface area (Å²) in [5.41, 5.74) is 3.13. The number of unbranched alkanes of at least 4 members (excludes halogenated alkanes) is 1. The van der Waals surface area contributed by atoms with Gasteiger partial charge in [0.1, 0.15) is 17.9 Å². The monoisotopic (exact) mass is 514 g/mol. The molecule has 1 saturated heterocycles. The van der Waals surface area contributed by atoms with Crippen LogP contribution in [0.25, 0.3) is 5.69 Å². The lowest BCUT2D eigenvalue weighted by Gasteiger charge is -2.34. The SMILES string of the molecule is C\C=C/C(=C\C=C\F)[C@@H](C)CCCC[C@H](O)N1CCC(c2nc(C)nn2-c2ccc(Cl)c(C)c2)CC1. The molecule has 0 saturated carbocycles. The minimum atomic E-state index is -0.417. The lowest BCUT2D eigenvalue weighted by atomic mass is 9.93. The van der Waals surface area contributed by atoms with Crippen molar-refractivity contribution < 1.29 is 9.50 Å². The normalized spacial score (nSPS) is 17.9. The zero-order chi connectivity index (χ0) is 26.1. The summed E-state index contributed by atoms with van der Waals surface area (Å²) in [6.45, 7) is 9.76. The topological polar surface area (TPSA) is 54.2 Å². The first kappa shape index (κ1) is 28.3. The minimum absolute atomic E-state index is 0.307. The molecule has 5 nitrogen and oxygen atoms in total. The largest absolute Gasteiger partial charge is 0.378 e. The van der Waals surface area contributed by atoms with Crippen LogP contribution in [-0.4, -0.2) is 44.1 Å². The van der Waals surface area contributed by atoms with E-state index in [-0.39, 0.29) is 0 Å². The number of hydrogen-bond acceptors (Lipinski definition) is 4. The average Bonchev–Trinajstić information content (AvgIpc) is 3.27. The molecule has 196 valence electrons. The molecule has 1 N–H and O–H groups in total. The Morgan fingerprint density at radius 3 is 2.61 bits per heavy atom. The van der Waals surface area contributed by atoms with Crippen molar-refractivity contribution in [3.05, 3.63) is 76.6 Å². The van der Waals surface area contributed by atoms with E-state index in [0.717, 1.165) is 85.1 Å². The van der Waals surface area contributed by atoms with Crippen LogP contribution in [0.15, 0.2) is 54.4 Å². The molecule has 2 heterocycles. The first-order valence-corrected chi connectivity index (χ1v) is 13.4. The van der Waals surface area contributed by atoms with E-state index in [0.29, 0.717) is 18.2 Å². The highest BCUT2D eigenvalue weighted by molar-refractivity contribution is 6.31. The van der Waals surface area contributed by atoms with E-state index < -0.39 is 6.23 Å². The minimum Gasteiger partial charge on any atom is -0.378 e. The van der Waals surface area contributed by atoms with Gasteiger partial charge in [0.05, 0.1) is 12.0 Å². The second-order valence-electron chi connectivity index (χ2n) is 9.82. The summed E-state index contributed by atoms with van der Waals surface area (Å²) >= 11 is 6.22. The molecule has 2 atom stereocenters. The number of allylic oxidation sites excluding steroid dienone is 5. The molecular formula is C29H40ClFN4O. The summed E-state index contributed by atoms with van der Waals surface area (Å²) < 4.78 is 14.3. The fourth-order valence-corrected chi connectivity index (χ4v) is 5.07. The fourth-order valence-electron chi connectivity index (χ4n) is 4.95. The summed E-state index contributed by atoms with van der Waals surface area (Å²) in [6.07, 6.45) is 13.1. The van der Waals surface area contributed by atoms with E-state index in [1.807, 2.05) is 55.8 Å². The van der Waals surface area contributed by atoms with Gasteiger partial charge in [-0.2, -0.15) is 5.10 Å². The second-order valence-corrected chi connectivity index (χ2v) is 10.2. The van der Waals surface area contributed by atoms with Crippen molar-refractivity contribution in [3.63, 3.8) is 0 Å². The second kappa shape index (κ2) is 13.9. The van der Waals surface area contributed by atoms with Gasteiger partial charge in [-0.3, -0.25) is 4.90 Å². The first-order chi connectivity index (χ1) is 17.3. The Bertz CT molecular complexity index is 1070. The van der Waals surface area contributed by atoms with Crippen LogP contribution < -0.4 is 0 Å². The Morgan fingerprint density at radius 2 is 1.94 bits per heavy atom. The molecule has 0 aliphatic carbocycles. The smallest absolute Gasteiger partial charge is 0.148 e. The fraction of sp³-hybridized carbons (Fsp3) is 0.517. The highest BCUT2D eigenvalue weighted by atomic mass is 35.5. The molecule has 1 fully saturated rings. The molecule has 1 aliphatic rings. The molecular weight excluding hydrogens is 475 g/mol. The van der Waals surface area contributed by atoms with Gasteiger partial charge in [-0.1, -0.05) is 43.2 Å². The number of aromatic nitrogens is 3. The first-order valence-electron chi connectivity index (χ1n) is 13.1. The molecule has 0 radical (unpaired) electrons. The quantitative estimate of drug-likeness (QED) is 0.254. The summed E-state index contributed by atoms with van der Waals surface area (Å²) in [5.74, 6) is 2.42. The van der Waals surface area contributed by atoms with Crippen LogP contribution in [0.1, 0.15) is 75.5 Å². The number of benzene rings is 1. The van der Waals surface area contributed by atoms with E-state index >= 15 is 0 Å². The maximum atomic E-state index is 12.4. The number of aryl methyl sites for hydroxylation is 2. The van der Waals surface area contributed by atoms with Crippen molar-refractivity contribution >= 4 is 11.6 Å². The Kier molecular flexibility index (Phi) is 10.9. The molecule has 1 aromatic carbocycles. The molecule has 0 bridgehead atoms. The predicted molar refractivity (Wildman–Crippen MR) is 146 cm³/mol. The van der Waals surface area contributed by atoms with E-state index in [9.17, 15) is 9.50 Å². The standard InChI is InChI=1S/C29H40ClFN4O/c1-5-9-24(11-8-17-31)21(2)10-6-7-12-28(36)34-18-15-25(16-19-34)29-32-23(4)33-35(29)26-13-14-27(30)22(3)20-26/h5,8-9,11,13-14,17,20-21,25,28,36H,6-7,10,12,15-16,18-19H2,1-4H3/b9-5-,17-8+,24-11+/t21-,28-/m0/s1. The number of nitrogens with zero attached hydrogens (tertiary/aromatic N) is 4. The van der Waals surface area contributed by atoms with E-state index in [2.05, 4.69) is 23.0 Å². The molecule has 3 rings (SSSR count). The summed E-state index contributed by atoms with van der Waals surface area (Å²) in [6, 6.07) is 5.95. The Morgan fingerprint density at radius 1 is 1.22 bits per heavy atom.